The summed E-state index contributed by atoms with van der Waals surface area (Å²) in [6, 6.07) is 0. The third kappa shape index (κ3) is 3.69. The third-order valence-electron chi connectivity index (χ3n) is 0.518. The molecule has 0 bridgehead atoms. The van der Waals surface area contributed by atoms with Crippen LogP contribution < -0.4 is 0 Å². The van der Waals surface area contributed by atoms with Crippen LogP contribution in [0.1, 0.15) is 6.92 Å². The van der Waals surface area contributed by atoms with Crippen LogP contribution in [-0.4, -0.2) is 17.7 Å². The Kier molecular flexibility index (Phi) is 5.07. The maximum atomic E-state index is 10.5. The van der Waals surface area contributed by atoms with E-state index in [1.807, 2.05) is 0 Å². The Morgan fingerprint density at radius 2 is 2.44 bits per heavy atom. The van der Waals surface area contributed by atoms with Crippen molar-refractivity contribution >= 4 is 45.6 Å². The average molecular weight is 261 g/mol. The molecule has 0 radical (unpaired) electrons. The van der Waals surface area contributed by atoms with E-state index < -0.39 is 5.97 Å². The summed E-state index contributed by atoms with van der Waals surface area (Å²) in [4.78, 5) is 10.5. The normalized spacial score (nSPS) is 11.2. The predicted octanol–water partition coefficient (Wildman–Crippen LogP) is 1.54. The molecule has 0 N–H and O–H groups in total. The van der Waals surface area contributed by atoms with Crippen LogP contribution in [0.3, 0.4) is 0 Å². The van der Waals surface area contributed by atoms with E-state index in [1.165, 1.54) is 0 Å². The zero-order valence-electron chi connectivity index (χ0n) is 4.73. The Balaban J connectivity index is 3.74. The first-order valence-corrected chi connectivity index (χ1v) is 3.58. The molecule has 0 aliphatic carbocycles. The largest absolute Gasteiger partial charge is 0.461 e. The second-order valence-electron chi connectivity index (χ2n) is 1.10. The minimum absolute atomic E-state index is 0.127. The van der Waals surface area contributed by atoms with Crippen LogP contribution in [0.15, 0.2) is 3.21 Å². The second kappa shape index (κ2) is 4.99. The summed E-state index contributed by atoms with van der Waals surface area (Å²) in [5.74, 6) is -0.575. The fourth-order valence-electron chi connectivity index (χ4n) is 0.225. The molecule has 0 heterocycles. The Morgan fingerprint density at radius 1 is 1.89 bits per heavy atom. The van der Waals surface area contributed by atoms with Gasteiger partial charge in [0.1, 0.15) is 0 Å². The zero-order valence-corrected chi connectivity index (χ0v) is 7.64. The number of rotatable bonds is 2. The fraction of sp³-hybridized carbons (Fsp3) is 0.500. The topological polar surface area (TPSA) is 38.7 Å². The average Bonchev–Trinajstić information content (AvgIpc) is 1.87. The number of ether oxygens (including phenoxy) is 1. The first-order valence-electron chi connectivity index (χ1n) is 2.24. The van der Waals surface area contributed by atoms with Crippen molar-refractivity contribution < 1.29 is 9.53 Å². The highest BCUT2D eigenvalue weighted by Crippen LogP contribution is 1.94. The van der Waals surface area contributed by atoms with E-state index in [-0.39, 0.29) is 5.17 Å². The number of hydrogen-bond donors (Lipinski definition) is 0. The van der Waals surface area contributed by atoms with Gasteiger partial charge in [-0.2, -0.15) is 3.21 Å². The fourth-order valence-corrected chi connectivity index (χ4v) is 0.477. The summed E-state index contributed by atoms with van der Waals surface area (Å²) in [6.07, 6.45) is 0. The van der Waals surface area contributed by atoms with Crippen LogP contribution in [0.5, 0.6) is 0 Å². The Morgan fingerprint density at radius 3 is 2.78 bits per heavy atom. The molecule has 0 aliphatic rings. The van der Waals surface area contributed by atoms with Gasteiger partial charge in [0.25, 0.3) is 0 Å². The lowest BCUT2D eigenvalue weighted by Gasteiger charge is -1.94. The van der Waals surface area contributed by atoms with Gasteiger partial charge in [-0.3, -0.25) is 0 Å². The second-order valence-corrected chi connectivity index (χ2v) is 1.94. The monoisotopic (exact) mass is 261 g/mol. The van der Waals surface area contributed by atoms with Crippen molar-refractivity contribution in [3.8, 4) is 0 Å². The molecular formula is C4H5ClINO2. The molecule has 3 nitrogen and oxygen atoms in total. The quantitative estimate of drug-likeness (QED) is 0.430. The number of carbonyl (C=O) groups is 1. The minimum Gasteiger partial charge on any atom is -0.461 e. The van der Waals surface area contributed by atoms with Gasteiger partial charge in [-0.05, 0) is 6.92 Å². The van der Waals surface area contributed by atoms with Crippen LogP contribution in [0.25, 0.3) is 0 Å². The molecule has 0 aromatic heterocycles. The molecule has 52 valence electrons. The molecule has 0 spiro atoms. The van der Waals surface area contributed by atoms with Crippen molar-refractivity contribution in [3.63, 3.8) is 0 Å². The van der Waals surface area contributed by atoms with Crippen LogP contribution in [0.4, 0.5) is 0 Å². The highest BCUT2D eigenvalue weighted by molar-refractivity contribution is 14.1. The molecule has 0 aromatic rings. The van der Waals surface area contributed by atoms with Gasteiger partial charge in [0, 0.05) is 0 Å². The molecule has 0 aliphatic heterocycles. The summed E-state index contributed by atoms with van der Waals surface area (Å²) in [6.45, 7) is 2.02. The predicted molar refractivity (Wildman–Crippen MR) is 43.9 cm³/mol. The summed E-state index contributed by atoms with van der Waals surface area (Å²) in [7, 11) is 0. The molecule has 0 aromatic carbocycles. The van der Waals surface area contributed by atoms with Gasteiger partial charge in [0.05, 0.1) is 29.5 Å². The first-order chi connectivity index (χ1) is 4.22. The van der Waals surface area contributed by atoms with E-state index in [9.17, 15) is 4.79 Å². The molecule has 0 rings (SSSR count). The smallest absolute Gasteiger partial charge is 0.369 e. The number of esters is 1. The van der Waals surface area contributed by atoms with Gasteiger partial charge < -0.3 is 4.74 Å². The van der Waals surface area contributed by atoms with Crippen LogP contribution in [-0.2, 0) is 9.53 Å². The maximum absolute atomic E-state index is 10.5. The molecule has 0 amide bonds. The van der Waals surface area contributed by atoms with E-state index in [1.54, 1.807) is 29.8 Å². The first kappa shape index (κ1) is 9.16. The molecule has 9 heavy (non-hydrogen) atoms. The van der Waals surface area contributed by atoms with Crippen LogP contribution >= 0.6 is 34.5 Å². The minimum atomic E-state index is -0.575. The molecule has 0 saturated carbocycles. The zero-order chi connectivity index (χ0) is 7.28. The summed E-state index contributed by atoms with van der Waals surface area (Å²) in [5, 5.41) is -0.127. The Labute approximate surface area is 71.9 Å². The van der Waals surface area contributed by atoms with E-state index in [4.69, 9.17) is 11.6 Å². The molecule has 0 unspecified atom stereocenters. The highest BCUT2D eigenvalue weighted by Gasteiger charge is 2.06. The lowest BCUT2D eigenvalue weighted by Crippen LogP contribution is -2.10. The van der Waals surface area contributed by atoms with Gasteiger partial charge in [-0.15, -0.1) is 0 Å². The highest BCUT2D eigenvalue weighted by atomic mass is 127. The van der Waals surface area contributed by atoms with Gasteiger partial charge in [0.2, 0.25) is 5.17 Å². The van der Waals surface area contributed by atoms with Crippen LogP contribution in [0.2, 0.25) is 0 Å². The number of halogens is 2. The Hall–Kier alpha value is 0.160. The van der Waals surface area contributed by atoms with Gasteiger partial charge in [-0.25, -0.2) is 4.79 Å². The third-order valence-corrected chi connectivity index (χ3v) is 1.52. The lowest BCUT2D eigenvalue weighted by atomic mass is 10.7. The van der Waals surface area contributed by atoms with E-state index in [0.717, 1.165) is 0 Å². The van der Waals surface area contributed by atoms with Crippen molar-refractivity contribution in [2.24, 2.45) is 3.21 Å². The van der Waals surface area contributed by atoms with Gasteiger partial charge >= 0.3 is 5.97 Å². The van der Waals surface area contributed by atoms with Crippen molar-refractivity contribution in [3.05, 3.63) is 0 Å². The van der Waals surface area contributed by atoms with E-state index >= 15 is 0 Å². The summed E-state index contributed by atoms with van der Waals surface area (Å²) in [5.41, 5.74) is 0. The van der Waals surface area contributed by atoms with Gasteiger partial charge in [0.15, 0.2) is 0 Å². The van der Waals surface area contributed by atoms with Crippen molar-refractivity contribution in [2.45, 2.75) is 6.92 Å². The van der Waals surface area contributed by atoms with E-state index in [0.29, 0.717) is 6.61 Å². The molecule has 0 saturated heterocycles. The molecule has 0 fully saturated rings. The lowest BCUT2D eigenvalue weighted by molar-refractivity contribution is -0.134. The SMILES string of the molecule is CCOC(=O)/C(Cl)=N/I. The summed E-state index contributed by atoms with van der Waals surface area (Å²) >= 11 is 6.89. The summed E-state index contributed by atoms with van der Waals surface area (Å²) < 4.78 is 7.87. The molecule has 5 heteroatoms. The maximum Gasteiger partial charge on any atom is 0.369 e. The van der Waals surface area contributed by atoms with Crippen molar-refractivity contribution in [2.75, 3.05) is 6.61 Å². The van der Waals surface area contributed by atoms with Gasteiger partial charge in [-0.1, -0.05) is 11.6 Å². The van der Waals surface area contributed by atoms with Crippen molar-refractivity contribution in [1.29, 1.82) is 0 Å². The molecular weight excluding hydrogens is 256 g/mol. The molecule has 0 atom stereocenters. The number of nitrogens with zero attached hydrogens (tertiary/aromatic N) is 1. The van der Waals surface area contributed by atoms with Crippen LogP contribution in [0, 0.1) is 0 Å². The van der Waals surface area contributed by atoms with Crippen molar-refractivity contribution in [1.82, 2.24) is 0 Å². The Bertz CT molecular complexity index is 137. The van der Waals surface area contributed by atoms with E-state index in [2.05, 4.69) is 7.94 Å². The number of hydrogen-bond acceptors (Lipinski definition) is 3. The standard InChI is InChI=1S/C4H5ClINO2/c1-2-9-4(8)3(5)7-6/h2H2,1H3/b7-3-. The number of carbonyl (C=O) groups excluding carboxylic acids is 1.